The molecule has 0 radical (unpaired) electrons. The first-order valence-corrected chi connectivity index (χ1v) is 5.65. The van der Waals surface area contributed by atoms with Crippen molar-refractivity contribution in [3.8, 4) is 0 Å². The van der Waals surface area contributed by atoms with E-state index in [-0.39, 0.29) is 0 Å². The molecule has 0 aliphatic carbocycles. The van der Waals surface area contributed by atoms with Gasteiger partial charge in [0, 0.05) is 24.6 Å². The van der Waals surface area contributed by atoms with Gasteiger partial charge in [0.1, 0.15) is 0 Å². The molecule has 2 nitrogen and oxygen atoms in total. The minimum Gasteiger partial charge on any atom is -0.376 e. The van der Waals surface area contributed by atoms with Crippen LogP contribution in [0.4, 0.5) is 0 Å². The van der Waals surface area contributed by atoms with Gasteiger partial charge in [-0.2, -0.15) is 11.8 Å². The summed E-state index contributed by atoms with van der Waals surface area (Å²) in [6, 6.07) is 0. The van der Waals surface area contributed by atoms with Crippen LogP contribution in [0.1, 0.15) is 0 Å². The molecule has 0 aromatic heterocycles. The predicted molar refractivity (Wildman–Crippen MR) is 61.4 cm³/mol. The Morgan fingerprint density at radius 2 is 2.08 bits per heavy atom. The Labute approximate surface area is 85.4 Å². The van der Waals surface area contributed by atoms with Crippen LogP contribution in [-0.4, -0.2) is 37.8 Å². The Kier molecular flexibility index (Phi) is 11.5. The van der Waals surface area contributed by atoms with Crippen LogP contribution in [0.25, 0.3) is 0 Å². The van der Waals surface area contributed by atoms with Gasteiger partial charge in [0.25, 0.3) is 0 Å². The quantitative estimate of drug-likeness (QED) is 0.429. The second kappa shape index (κ2) is 11.8. The highest BCUT2D eigenvalue weighted by Crippen LogP contribution is 1.96. The lowest BCUT2D eigenvalue weighted by atomic mass is 10.6. The van der Waals surface area contributed by atoms with Crippen LogP contribution in [0.15, 0.2) is 25.3 Å². The number of nitrogens with one attached hydrogen (secondary N) is 1. The van der Waals surface area contributed by atoms with Crippen LogP contribution in [0, 0.1) is 0 Å². The molecule has 13 heavy (non-hydrogen) atoms. The summed E-state index contributed by atoms with van der Waals surface area (Å²) in [6.45, 7) is 10.6. The minimum absolute atomic E-state index is 0.646. The van der Waals surface area contributed by atoms with Crippen molar-refractivity contribution in [3.63, 3.8) is 0 Å². The van der Waals surface area contributed by atoms with Gasteiger partial charge in [-0.05, 0) is 0 Å². The number of rotatable bonds is 10. The van der Waals surface area contributed by atoms with E-state index in [4.69, 9.17) is 4.74 Å². The van der Waals surface area contributed by atoms with E-state index >= 15 is 0 Å². The summed E-state index contributed by atoms with van der Waals surface area (Å²) in [5.74, 6) is 2.17. The van der Waals surface area contributed by atoms with Gasteiger partial charge in [0.05, 0.1) is 13.2 Å². The van der Waals surface area contributed by atoms with E-state index in [1.165, 1.54) is 0 Å². The highest BCUT2D eigenvalue weighted by molar-refractivity contribution is 7.99. The molecule has 0 bridgehead atoms. The van der Waals surface area contributed by atoms with E-state index in [0.29, 0.717) is 6.61 Å². The van der Waals surface area contributed by atoms with Gasteiger partial charge >= 0.3 is 0 Å². The zero-order valence-electron chi connectivity index (χ0n) is 8.13. The summed E-state index contributed by atoms with van der Waals surface area (Å²) >= 11 is 1.88. The second-order valence-electron chi connectivity index (χ2n) is 2.48. The molecule has 0 spiro atoms. The average molecular weight is 201 g/mol. The molecule has 0 amide bonds. The smallest absolute Gasteiger partial charge is 0.0645 e. The van der Waals surface area contributed by atoms with E-state index < -0.39 is 0 Å². The van der Waals surface area contributed by atoms with Crippen molar-refractivity contribution >= 4 is 11.8 Å². The van der Waals surface area contributed by atoms with Crippen LogP contribution >= 0.6 is 11.8 Å². The van der Waals surface area contributed by atoms with Crippen molar-refractivity contribution in [2.45, 2.75) is 0 Å². The Balaban J connectivity index is 2.83. The van der Waals surface area contributed by atoms with Crippen molar-refractivity contribution in [2.24, 2.45) is 0 Å². The van der Waals surface area contributed by atoms with E-state index in [1.54, 1.807) is 6.08 Å². The molecule has 0 unspecified atom stereocenters. The van der Waals surface area contributed by atoms with Gasteiger partial charge in [0.2, 0.25) is 0 Å². The van der Waals surface area contributed by atoms with Gasteiger partial charge in [-0.25, -0.2) is 0 Å². The van der Waals surface area contributed by atoms with Gasteiger partial charge in [-0.15, -0.1) is 13.2 Å². The first-order valence-electron chi connectivity index (χ1n) is 4.49. The molecule has 0 aliphatic rings. The third-order valence-corrected chi connectivity index (χ3v) is 2.28. The monoisotopic (exact) mass is 201 g/mol. The molecule has 0 heterocycles. The van der Waals surface area contributed by atoms with Crippen LogP contribution in [0.5, 0.6) is 0 Å². The first-order chi connectivity index (χ1) is 6.41. The van der Waals surface area contributed by atoms with Crippen molar-refractivity contribution < 1.29 is 4.74 Å². The van der Waals surface area contributed by atoms with Gasteiger partial charge < -0.3 is 10.1 Å². The predicted octanol–water partition coefficient (Wildman–Crippen LogP) is 1.70. The molecule has 0 aliphatic heterocycles. The number of hydrogen-bond acceptors (Lipinski definition) is 3. The largest absolute Gasteiger partial charge is 0.376 e. The van der Waals surface area contributed by atoms with Crippen LogP contribution in [-0.2, 0) is 4.74 Å². The zero-order chi connectivity index (χ0) is 9.78. The fourth-order valence-electron chi connectivity index (χ4n) is 0.747. The number of hydrogen-bond donors (Lipinski definition) is 1. The standard InChI is InChI=1S/C10H19NOS/c1-3-7-12-8-5-11-6-10-13-9-4-2/h3-4,11H,1-2,5-10H2. The Bertz CT molecular complexity index is 114. The van der Waals surface area contributed by atoms with Gasteiger partial charge in [-0.1, -0.05) is 12.2 Å². The third kappa shape index (κ3) is 11.8. The maximum absolute atomic E-state index is 5.21. The molecular weight excluding hydrogens is 182 g/mol. The summed E-state index contributed by atoms with van der Waals surface area (Å²) < 4.78 is 5.21. The molecule has 0 saturated carbocycles. The molecule has 1 N–H and O–H groups in total. The first kappa shape index (κ1) is 12.8. The summed E-state index contributed by atoms with van der Waals surface area (Å²) in [5.41, 5.74) is 0. The molecule has 0 rings (SSSR count). The average Bonchev–Trinajstić information content (AvgIpc) is 2.16. The van der Waals surface area contributed by atoms with Crippen LogP contribution in [0.3, 0.4) is 0 Å². The van der Waals surface area contributed by atoms with Crippen molar-refractivity contribution in [1.29, 1.82) is 0 Å². The zero-order valence-corrected chi connectivity index (χ0v) is 8.94. The van der Waals surface area contributed by atoms with Crippen molar-refractivity contribution in [3.05, 3.63) is 25.3 Å². The Morgan fingerprint density at radius 3 is 2.77 bits per heavy atom. The fraction of sp³-hybridized carbons (Fsp3) is 0.600. The van der Waals surface area contributed by atoms with Crippen molar-refractivity contribution in [1.82, 2.24) is 5.32 Å². The lowest BCUT2D eigenvalue weighted by Crippen LogP contribution is -2.22. The third-order valence-electron chi connectivity index (χ3n) is 1.32. The van der Waals surface area contributed by atoms with E-state index in [1.807, 2.05) is 17.8 Å². The summed E-state index contributed by atoms with van der Waals surface area (Å²) in [7, 11) is 0. The van der Waals surface area contributed by atoms with E-state index in [9.17, 15) is 0 Å². The topological polar surface area (TPSA) is 21.3 Å². The SMILES string of the molecule is C=CCOCCNCCSCC=C. The maximum atomic E-state index is 5.21. The Hall–Kier alpha value is -0.250. The summed E-state index contributed by atoms with van der Waals surface area (Å²) in [4.78, 5) is 0. The Morgan fingerprint density at radius 1 is 1.23 bits per heavy atom. The van der Waals surface area contributed by atoms with Crippen LogP contribution < -0.4 is 5.32 Å². The molecule has 0 fully saturated rings. The molecular formula is C10H19NOS. The molecule has 0 aromatic carbocycles. The van der Waals surface area contributed by atoms with Crippen LogP contribution in [0.2, 0.25) is 0 Å². The minimum atomic E-state index is 0.646. The highest BCUT2D eigenvalue weighted by atomic mass is 32.2. The van der Waals surface area contributed by atoms with E-state index in [2.05, 4.69) is 18.5 Å². The van der Waals surface area contributed by atoms with Crippen molar-refractivity contribution in [2.75, 3.05) is 37.8 Å². The van der Waals surface area contributed by atoms with Gasteiger partial charge in [-0.3, -0.25) is 0 Å². The normalized spacial score (nSPS) is 9.85. The number of ether oxygens (including phenoxy) is 1. The molecule has 0 atom stereocenters. The summed E-state index contributed by atoms with van der Waals surface area (Å²) in [6.07, 6.45) is 3.69. The lowest BCUT2D eigenvalue weighted by molar-refractivity contribution is 0.164. The second-order valence-corrected chi connectivity index (χ2v) is 3.63. The number of thioether (sulfide) groups is 1. The molecule has 3 heteroatoms. The lowest BCUT2D eigenvalue weighted by Gasteiger charge is -2.03. The van der Waals surface area contributed by atoms with Gasteiger partial charge in [0.15, 0.2) is 0 Å². The highest BCUT2D eigenvalue weighted by Gasteiger charge is 1.87. The fourth-order valence-corrected chi connectivity index (χ4v) is 1.37. The maximum Gasteiger partial charge on any atom is 0.0645 e. The van der Waals surface area contributed by atoms with E-state index in [0.717, 1.165) is 31.2 Å². The molecule has 0 aromatic rings. The summed E-state index contributed by atoms with van der Waals surface area (Å²) in [5, 5.41) is 3.29. The molecule has 76 valence electrons. The molecule has 0 saturated heterocycles.